The molecule has 21 heavy (non-hydrogen) atoms. The fraction of sp³-hybridized carbons (Fsp3) is 0.250. The Morgan fingerprint density at radius 1 is 1.29 bits per heavy atom. The van der Waals surface area contributed by atoms with Crippen LogP contribution in [0.4, 0.5) is 0 Å². The molecule has 0 aliphatic heterocycles. The lowest BCUT2D eigenvalue weighted by Crippen LogP contribution is -2.18. The van der Waals surface area contributed by atoms with E-state index in [0.29, 0.717) is 18.2 Å². The number of nitrogens with two attached hydrogens (primary N) is 1. The molecule has 0 fully saturated rings. The van der Waals surface area contributed by atoms with Crippen LogP contribution in [0.3, 0.4) is 0 Å². The summed E-state index contributed by atoms with van der Waals surface area (Å²) in [5.41, 5.74) is 8.06. The van der Waals surface area contributed by atoms with Gasteiger partial charge in [-0.3, -0.25) is 4.98 Å². The van der Waals surface area contributed by atoms with E-state index in [0.717, 1.165) is 11.3 Å². The molecular weight excluding hydrogens is 266 g/mol. The van der Waals surface area contributed by atoms with Gasteiger partial charge < -0.3 is 15.7 Å². The van der Waals surface area contributed by atoms with Gasteiger partial charge in [0.05, 0.1) is 0 Å². The zero-order valence-corrected chi connectivity index (χ0v) is 12.2. The minimum absolute atomic E-state index is 0.0237. The van der Waals surface area contributed by atoms with E-state index < -0.39 is 0 Å². The molecule has 0 radical (unpaired) electrons. The number of aromatic nitrogens is 1. The maximum atomic E-state index is 8.76. The van der Waals surface area contributed by atoms with Crippen LogP contribution < -0.4 is 10.5 Å². The first-order chi connectivity index (χ1) is 10.1. The minimum atomic E-state index is -0.0237. The number of rotatable bonds is 5. The number of hydrogen-bond acceptors (Lipinski definition) is 4. The summed E-state index contributed by atoms with van der Waals surface area (Å²) in [6, 6.07) is 11.6. The smallest absolute Gasteiger partial charge is 0.189 e. The molecule has 1 heterocycles. The van der Waals surface area contributed by atoms with Gasteiger partial charge in [0.15, 0.2) is 5.84 Å². The number of ether oxygens (including phenoxy) is 1. The molecule has 0 amide bonds. The van der Waals surface area contributed by atoms with Crippen molar-refractivity contribution >= 4 is 5.84 Å². The fourth-order valence-electron chi connectivity index (χ4n) is 1.94. The topological polar surface area (TPSA) is 80.7 Å². The summed E-state index contributed by atoms with van der Waals surface area (Å²) in [5, 5.41) is 11.7. The highest BCUT2D eigenvalue weighted by molar-refractivity contribution is 5.96. The molecule has 5 nitrogen and oxygen atoms in total. The van der Waals surface area contributed by atoms with Gasteiger partial charge in [-0.15, -0.1) is 0 Å². The summed E-state index contributed by atoms with van der Waals surface area (Å²) in [5.74, 6) is 1.24. The predicted octanol–water partition coefficient (Wildman–Crippen LogP) is 2.88. The summed E-state index contributed by atoms with van der Waals surface area (Å²) >= 11 is 0. The summed E-state index contributed by atoms with van der Waals surface area (Å²) < 4.78 is 5.73. The molecule has 0 saturated heterocycles. The lowest BCUT2D eigenvalue weighted by atomic mass is 10.0. The highest BCUT2D eigenvalue weighted by Gasteiger charge is 2.09. The molecular formula is C16H19N3O2. The van der Waals surface area contributed by atoms with E-state index in [4.69, 9.17) is 15.7 Å². The van der Waals surface area contributed by atoms with Crippen LogP contribution in [0.1, 0.15) is 36.6 Å². The van der Waals surface area contributed by atoms with Crippen LogP contribution in [0.2, 0.25) is 0 Å². The monoisotopic (exact) mass is 285 g/mol. The maximum absolute atomic E-state index is 8.76. The number of amidine groups is 1. The molecule has 2 aromatic rings. The van der Waals surface area contributed by atoms with Crippen molar-refractivity contribution < 1.29 is 9.94 Å². The Labute approximate surface area is 124 Å². The number of oxime groups is 1. The van der Waals surface area contributed by atoms with Crippen LogP contribution in [-0.2, 0) is 6.61 Å². The zero-order valence-electron chi connectivity index (χ0n) is 12.2. The number of benzene rings is 1. The Hall–Kier alpha value is -2.56. The van der Waals surface area contributed by atoms with Gasteiger partial charge in [-0.2, -0.15) is 0 Å². The standard InChI is InChI=1S/C16H19N3O2/c1-11(2)12-5-7-14(8-6-12)21-10-13-4-3-9-18-15(13)16(17)19-20/h3-9,11,20H,10H2,1-2H3,(H2,17,19). The van der Waals surface area contributed by atoms with Crippen LogP contribution >= 0.6 is 0 Å². The van der Waals surface area contributed by atoms with Crippen molar-refractivity contribution in [3.63, 3.8) is 0 Å². The van der Waals surface area contributed by atoms with E-state index in [1.807, 2.05) is 30.3 Å². The molecule has 1 aromatic carbocycles. The Kier molecular flexibility index (Phi) is 4.77. The highest BCUT2D eigenvalue weighted by Crippen LogP contribution is 2.19. The van der Waals surface area contributed by atoms with E-state index in [1.54, 1.807) is 12.3 Å². The van der Waals surface area contributed by atoms with Gasteiger partial charge in [0, 0.05) is 11.8 Å². The molecule has 0 spiro atoms. The molecule has 0 aliphatic carbocycles. The lowest BCUT2D eigenvalue weighted by Gasteiger charge is -2.10. The van der Waals surface area contributed by atoms with Crippen molar-refractivity contribution in [1.82, 2.24) is 4.98 Å². The second kappa shape index (κ2) is 6.74. The van der Waals surface area contributed by atoms with Crippen LogP contribution in [0.25, 0.3) is 0 Å². The Morgan fingerprint density at radius 3 is 2.62 bits per heavy atom. The van der Waals surface area contributed by atoms with Gasteiger partial charge in [0.1, 0.15) is 18.1 Å². The summed E-state index contributed by atoms with van der Waals surface area (Å²) in [7, 11) is 0. The number of pyridine rings is 1. The third-order valence-corrected chi connectivity index (χ3v) is 3.18. The lowest BCUT2D eigenvalue weighted by molar-refractivity contribution is 0.304. The van der Waals surface area contributed by atoms with E-state index >= 15 is 0 Å². The molecule has 1 aromatic heterocycles. The Bertz CT molecular complexity index is 622. The normalized spacial score (nSPS) is 11.7. The third-order valence-electron chi connectivity index (χ3n) is 3.18. The minimum Gasteiger partial charge on any atom is -0.489 e. The van der Waals surface area contributed by atoms with Crippen molar-refractivity contribution in [2.45, 2.75) is 26.4 Å². The number of nitrogens with zero attached hydrogens (tertiary/aromatic N) is 2. The van der Waals surface area contributed by atoms with Crippen molar-refractivity contribution in [2.75, 3.05) is 0 Å². The second-order valence-electron chi connectivity index (χ2n) is 5.01. The second-order valence-corrected chi connectivity index (χ2v) is 5.01. The van der Waals surface area contributed by atoms with Crippen molar-refractivity contribution in [3.05, 3.63) is 59.4 Å². The van der Waals surface area contributed by atoms with E-state index in [2.05, 4.69) is 24.0 Å². The van der Waals surface area contributed by atoms with E-state index in [-0.39, 0.29) is 5.84 Å². The van der Waals surface area contributed by atoms with Gasteiger partial charge >= 0.3 is 0 Å². The first-order valence-corrected chi connectivity index (χ1v) is 6.76. The summed E-state index contributed by atoms with van der Waals surface area (Å²) in [6.45, 7) is 4.60. The number of hydrogen-bond donors (Lipinski definition) is 2. The van der Waals surface area contributed by atoms with Crippen LogP contribution in [0.15, 0.2) is 47.8 Å². The van der Waals surface area contributed by atoms with Crippen LogP contribution in [-0.4, -0.2) is 16.0 Å². The fourth-order valence-corrected chi connectivity index (χ4v) is 1.94. The average molecular weight is 285 g/mol. The molecule has 3 N–H and O–H groups in total. The predicted molar refractivity (Wildman–Crippen MR) is 81.6 cm³/mol. The average Bonchev–Trinajstić information content (AvgIpc) is 2.52. The molecule has 0 atom stereocenters. The first-order valence-electron chi connectivity index (χ1n) is 6.76. The van der Waals surface area contributed by atoms with Crippen molar-refractivity contribution in [3.8, 4) is 5.75 Å². The van der Waals surface area contributed by atoms with Crippen LogP contribution in [0, 0.1) is 0 Å². The molecule has 5 heteroatoms. The molecule has 0 unspecified atom stereocenters. The SMILES string of the molecule is CC(C)c1ccc(OCc2cccnc2C(N)=NO)cc1. The first kappa shape index (κ1) is 14.8. The Morgan fingerprint density at radius 2 is 2.00 bits per heavy atom. The maximum Gasteiger partial charge on any atom is 0.189 e. The third kappa shape index (κ3) is 3.72. The molecule has 0 aliphatic rings. The van der Waals surface area contributed by atoms with Crippen LogP contribution in [0.5, 0.6) is 5.75 Å². The molecule has 0 bridgehead atoms. The zero-order chi connectivity index (χ0) is 15.2. The van der Waals surface area contributed by atoms with Gasteiger partial charge in [0.2, 0.25) is 0 Å². The quantitative estimate of drug-likeness (QED) is 0.383. The summed E-state index contributed by atoms with van der Waals surface area (Å²) in [4.78, 5) is 4.10. The molecule has 2 rings (SSSR count). The largest absolute Gasteiger partial charge is 0.489 e. The molecule has 0 saturated carbocycles. The van der Waals surface area contributed by atoms with Gasteiger partial charge in [-0.05, 0) is 29.7 Å². The van der Waals surface area contributed by atoms with Gasteiger partial charge in [0.25, 0.3) is 0 Å². The van der Waals surface area contributed by atoms with E-state index in [1.165, 1.54) is 5.56 Å². The Balaban J connectivity index is 2.10. The van der Waals surface area contributed by atoms with Crippen molar-refractivity contribution in [2.24, 2.45) is 10.9 Å². The van der Waals surface area contributed by atoms with Crippen molar-refractivity contribution in [1.29, 1.82) is 0 Å². The van der Waals surface area contributed by atoms with Gasteiger partial charge in [-0.1, -0.05) is 37.2 Å². The highest BCUT2D eigenvalue weighted by atomic mass is 16.5. The summed E-state index contributed by atoms with van der Waals surface area (Å²) in [6.07, 6.45) is 1.59. The van der Waals surface area contributed by atoms with Gasteiger partial charge in [-0.25, -0.2) is 0 Å². The van der Waals surface area contributed by atoms with E-state index in [9.17, 15) is 0 Å². The molecule has 110 valence electrons.